The zero-order valence-electron chi connectivity index (χ0n) is 22.8. The predicted molar refractivity (Wildman–Crippen MR) is 144 cm³/mol. The molecular weight excluding hydrogens is 456 g/mol. The molecule has 0 spiro atoms. The summed E-state index contributed by atoms with van der Waals surface area (Å²) in [6.45, 7) is 13.2. The molecule has 2 amide bonds. The maximum atomic E-state index is 12.5. The minimum absolute atomic E-state index is 0.238. The largest absolute Gasteiger partial charge is 0.444 e. The first-order valence-corrected chi connectivity index (χ1v) is 12.6. The Morgan fingerprint density at radius 1 is 1.22 bits per heavy atom. The quantitative estimate of drug-likeness (QED) is 0.643. The van der Waals surface area contributed by atoms with E-state index in [9.17, 15) is 9.59 Å². The number of rotatable bonds is 5. The molecular formula is C27H40N6O3. The summed E-state index contributed by atoms with van der Waals surface area (Å²) in [6, 6.07) is 6.06. The lowest BCUT2D eigenvalue weighted by atomic mass is 9.78. The van der Waals surface area contributed by atoms with Gasteiger partial charge in [0.1, 0.15) is 11.1 Å². The number of fused-ring (bicyclic) bond motifs is 1. The second-order valence-electron chi connectivity index (χ2n) is 11.6. The summed E-state index contributed by atoms with van der Waals surface area (Å²) >= 11 is 0. The summed E-state index contributed by atoms with van der Waals surface area (Å²) in [7, 11) is 4.00. The van der Waals surface area contributed by atoms with Gasteiger partial charge in [0.25, 0.3) is 5.91 Å². The molecule has 4 rings (SSSR count). The maximum absolute atomic E-state index is 12.5. The van der Waals surface area contributed by atoms with Gasteiger partial charge in [-0.15, -0.1) is 0 Å². The number of hydrogen-bond donors (Lipinski definition) is 2. The molecule has 2 atom stereocenters. The number of piperidine rings is 1. The lowest BCUT2D eigenvalue weighted by Gasteiger charge is -2.52. The van der Waals surface area contributed by atoms with E-state index in [1.165, 1.54) is 0 Å². The Kier molecular flexibility index (Phi) is 6.25. The van der Waals surface area contributed by atoms with E-state index in [1.807, 2.05) is 58.1 Å². The lowest BCUT2D eigenvalue weighted by Crippen LogP contribution is -2.68. The number of nitrogens with one attached hydrogen (secondary N) is 1. The van der Waals surface area contributed by atoms with E-state index >= 15 is 0 Å². The van der Waals surface area contributed by atoms with Crippen LogP contribution in [0.2, 0.25) is 0 Å². The number of hydrogen-bond acceptors (Lipinski definition) is 7. The van der Waals surface area contributed by atoms with Crippen LogP contribution in [0.1, 0.15) is 64.7 Å². The third-order valence-corrected chi connectivity index (χ3v) is 7.98. The zero-order valence-corrected chi connectivity index (χ0v) is 22.8. The summed E-state index contributed by atoms with van der Waals surface area (Å²) in [5.74, 6) is -0.476. The number of likely N-dealkylation sites (tertiary alicyclic amines) is 1. The van der Waals surface area contributed by atoms with Crippen molar-refractivity contribution in [3.8, 4) is 0 Å². The molecule has 1 saturated heterocycles. The van der Waals surface area contributed by atoms with Crippen molar-refractivity contribution >= 4 is 29.1 Å². The number of carbonyl (C=O) groups excluding carboxylic acids is 2. The van der Waals surface area contributed by atoms with Crippen LogP contribution in [0.15, 0.2) is 34.9 Å². The Balaban J connectivity index is 1.49. The number of likely N-dealkylation sites (N-methyl/N-ethyl adjacent to an activating group) is 1. The molecule has 1 aromatic carbocycles. The minimum Gasteiger partial charge on any atom is -0.444 e. The molecule has 0 radical (unpaired) electrons. The number of anilines is 2. The van der Waals surface area contributed by atoms with Gasteiger partial charge in [-0.25, -0.2) is 4.79 Å². The highest BCUT2D eigenvalue weighted by atomic mass is 16.6. The molecule has 1 aliphatic carbocycles. The second kappa shape index (κ2) is 8.71. The molecule has 0 bridgehead atoms. The third-order valence-electron chi connectivity index (χ3n) is 7.98. The van der Waals surface area contributed by atoms with Gasteiger partial charge in [0.05, 0.1) is 16.8 Å². The summed E-state index contributed by atoms with van der Waals surface area (Å²) in [5.41, 5.74) is 8.86. The van der Waals surface area contributed by atoms with Crippen LogP contribution in [-0.2, 0) is 4.74 Å². The third kappa shape index (κ3) is 4.29. The molecule has 196 valence electrons. The average Bonchev–Trinajstić information content (AvgIpc) is 2.94. The molecule has 36 heavy (non-hydrogen) atoms. The monoisotopic (exact) mass is 496 g/mol. The number of carbonyl (C=O) groups is 2. The normalized spacial score (nSPS) is 26.0. The molecule has 9 heteroatoms. The highest BCUT2D eigenvalue weighted by Crippen LogP contribution is 2.47. The van der Waals surface area contributed by atoms with Crippen molar-refractivity contribution in [2.45, 2.75) is 77.1 Å². The molecule has 1 fully saturated rings. The van der Waals surface area contributed by atoms with Gasteiger partial charge in [-0.2, -0.15) is 5.10 Å². The summed E-state index contributed by atoms with van der Waals surface area (Å²) in [5, 5.41) is 10.1. The number of ether oxygens (including phenoxy) is 1. The molecule has 1 aromatic rings. The van der Waals surface area contributed by atoms with Gasteiger partial charge in [0.2, 0.25) is 0 Å². The number of amides is 2. The Morgan fingerprint density at radius 2 is 1.86 bits per heavy atom. The van der Waals surface area contributed by atoms with Crippen LogP contribution >= 0.6 is 0 Å². The van der Waals surface area contributed by atoms with Gasteiger partial charge in [0.15, 0.2) is 0 Å². The van der Waals surface area contributed by atoms with E-state index in [4.69, 9.17) is 10.5 Å². The Hall–Kier alpha value is -3.23. The Labute approximate surface area is 214 Å². The topological polar surface area (TPSA) is 104 Å². The van der Waals surface area contributed by atoms with Gasteiger partial charge in [-0.3, -0.25) is 9.80 Å². The lowest BCUT2D eigenvalue weighted by molar-refractivity contribution is 0.0205. The molecule has 9 nitrogen and oxygen atoms in total. The van der Waals surface area contributed by atoms with Crippen molar-refractivity contribution in [3.63, 3.8) is 0 Å². The average molecular weight is 497 g/mol. The van der Waals surface area contributed by atoms with Crippen molar-refractivity contribution in [1.82, 2.24) is 9.91 Å². The van der Waals surface area contributed by atoms with Gasteiger partial charge in [-0.1, -0.05) is 6.08 Å². The number of primary amides is 1. The molecule has 3 aliphatic rings. The van der Waals surface area contributed by atoms with Gasteiger partial charge in [-0.05, 0) is 78.2 Å². The van der Waals surface area contributed by atoms with Crippen molar-refractivity contribution < 1.29 is 14.3 Å². The SMILES string of the molecule is CC1=CC(C)(Nc2ccc(N(C)C3CCN(C(=O)OC(C)(C)C)CC3)cc2C(N)=O)[C@]2(C)C1=NN2C. The van der Waals surface area contributed by atoms with Crippen molar-refractivity contribution in [1.29, 1.82) is 0 Å². The van der Waals surface area contributed by atoms with Crippen LogP contribution in [0.25, 0.3) is 0 Å². The molecule has 2 heterocycles. The number of nitrogens with two attached hydrogens (primary N) is 1. The van der Waals surface area contributed by atoms with E-state index in [2.05, 4.69) is 42.2 Å². The number of hydrazone groups is 1. The van der Waals surface area contributed by atoms with Crippen molar-refractivity contribution in [2.24, 2.45) is 10.8 Å². The van der Waals surface area contributed by atoms with E-state index in [-0.39, 0.29) is 17.7 Å². The van der Waals surface area contributed by atoms with Crippen LogP contribution < -0.4 is 16.0 Å². The first-order chi connectivity index (χ1) is 16.7. The first kappa shape index (κ1) is 25.9. The fourth-order valence-corrected chi connectivity index (χ4v) is 5.62. The Bertz CT molecular complexity index is 1130. The first-order valence-electron chi connectivity index (χ1n) is 12.6. The highest BCUT2D eigenvalue weighted by Gasteiger charge is 2.60. The van der Waals surface area contributed by atoms with Gasteiger partial charge in [0, 0.05) is 44.6 Å². The predicted octanol–water partition coefficient (Wildman–Crippen LogP) is 3.81. The highest BCUT2D eigenvalue weighted by molar-refractivity contribution is 6.14. The maximum Gasteiger partial charge on any atom is 0.410 e. The summed E-state index contributed by atoms with van der Waals surface area (Å²) < 4.78 is 5.51. The molecule has 2 aliphatic heterocycles. The van der Waals surface area contributed by atoms with E-state index < -0.39 is 17.0 Å². The molecule has 0 aromatic heterocycles. The van der Waals surface area contributed by atoms with E-state index in [1.54, 1.807) is 4.90 Å². The molecule has 0 saturated carbocycles. The van der Waals surface area contributed by atoms with E-state index in [0.29, 0.717) is 24.3 Å². The van der Waals surface area contributed by atoms with Gasteiger partial charge >= 0.3 is 6.09 Å². The number of nitrogens with zero attached hydrogens (tertiary/aromatic N) is 4. The van der Waals surface area contributed by atoms with Crippen molar-refractivity contribution in [3.05, 3.63) is 35.4 Å². The van der Waals surface area contributed by atoms with Crippen LogP contribution in [0.5, 0.6) is 0 Å². The fourth-order valence-electron chi connectivity index (χ4n) is 5.62. The number of benzene rings is 1. The van der Waals surface area contributed by atoms with E-state index in [0.717, 1.165) is 29.8 Å². The smallest absolute Gasteiger partial charge is 0.410 e. The fraction of sp³-hybridized carbons (Fsp3) is 0.593. The summed E-state index contributed by atoms with van der Waals surface area (Å²) in [4.78, 5) is 28.9. The standard InChI is InChI=1S/C27H40N6O3/c1-17-16-26(5,27(6)22(17)30-32(27)8)29-21-10-9-19(15-20(21)23(28)34)31(7)18-11-13-33(14-12-18)24(35)36-25(2,3)4/h9-10,15-16,18,29H,11-14H2,1-8H3,(H2,28,34)/t26?,27-/m0/s1. The molecule has 1 unspecified atom stereocenters. The summed E-state index contributed by atoms with van der Waals surface area (Å²) in [6.07, 6.45) is 3.55. The second-order valence-corrected chi connectivity index (χ2v) is 11.6. The minimum atomic E-state index is -0.504. The molecule has 3 N–H and O–H groups in total. The van der Waals surface area contributed by atoms with Crippen molar-refractivity contribution in [2.75, 3.05) is 37.4 Å². The van der Waals surface area contributed by atoms with Crippen LogP contribution in [0.3, 0.4) is 0 Å². The van der Waals surface area contributed by atoms with Crippen LogP contribution in [0, 0.1) is 0 Å². The van der Waals surface area contributed by atoms with Crippen LogP contribution in [0.4, 0.5) is 16.2 Å². The van der Waals surface area contributed by atoms with Crippen LogP contribution in [-0.4, -0.2) is 77.5 Å². The van der Waals surface area contributed by atoms with Gasteiger partial charge < -0.3 is 25.6 Å². The zero-order chi connectivity index (χ0) is 26.6. The Morgan fingerprint density at radius 3 is 2.42 bits per heavy atom.